The van der Waals surface area contributed by atoms with Gasteiger partial charge in [-0.05, 0) is 24.6 Å². The molecule has 0 fully saturated rings. The fourth-order valence-electron chi connectivity index (χ4n) is 1.16. The zero-order valence-electron chi connectivity index (χ0n) is 8.64. The van der Waals surface area contributed by atoms with Gasteiger partial charge in [0.15, 0.2) is 12.4 Å². The molecule has 0 radical (unpaired) electrons. The maximum absolute atomic E-state index is 10.8. The number of ether oxygens (including phenoxy) is 1. The summed E-state index contributed by atoms with van der Waals surface area (Å²) in [5.41, 5.74) is 0.428. The van der Waals surface area contributed by atoms with Gasteiger partial charge in [-0.2, -0.15) is 0 Å². The zero-order valence-corrected chi connectivity index (χ0v) is 10.2. The molecule has 0 aromatic heterocycles. The smallest absolute Gasteiger partial charge is 0.344 e. The van der Waals surface area contributed by atoms with Crippen LogP contribution in [0, 0.1) is 0 Å². The summed E-state index contributed by atoms with van der Waals surface area (Å²) < 4.78 is 5.89. The van der Waals surface area contributed by atoms with Crippen LogP contribution in [-0.2, 0) is 4.79 Å². The van der Waals surface area contributed by atoms with E-state index in [1.807, 2.05) is 0 Å². The van der Waals surface area contributed by atoms with Crippen molar-refractivity contribution in [2.24, 2.45) is 0 Å². The van der Waals surface area contributed by atoms with Crippen LogP contribution in [0.1, 0.15) is 23.7 Å². The van der Waals surface area contributed by atoms with Gasteiger partial charge in [0.25, 0.3) is 0 Å². The molecule has 1 rings (SSSR count). The summed E-state index contributed by atoms with van der Waals surface area (Å²) in [4.78, 5) is 21.4. The Morgan fingerprint density at radius 2 is 2.31 bits per heavy atom. The third kappa shape index (κ3) is 3.06. The molecule has 16 heavy (non-hydrogen) atoms. The predicted octanol–water partition coefficient (Wildman–Crippen LogP) is 2.50. The van der Waals surface area contributed by atoms with E-state index >= 15 is 0 Å². The Hall–Kier alpha value is -1.36. The van der Waals surface area contributed by atoms with Gasteiger partial charge in [-0.15, -0.1) is 0 Å². The van der Waals surface area contributed by atoms with Crippen LogP contribution in [0.25, 0.3) is 0 Å². The number of carboxylic acids is 1. The van der Waals surface area contributed by atoms with Crippen molar-refractivity contribution in [1.82, 2.24) is 0 Å². The van der Waals surface area contributed by atoms with Crippen LogP contribution >= 0.6 is 15.9 Å². The average molecular weight is 287 g/mol. The standard InChI is InChI=1S/C11H11BrO4/c1-2-10(11(14)15)16-8-3-4-9(12)7(5-8)6-13/h3-6,10H,2H2,1H3,(H,14,15). The first kappa shape index (κ1) is 12.7. The lowest BCUT2D eigenvalue weighted by molar-refractivity contribution is -0.145. The van der Waals surface area contributed by atoms with Crippen molar-refractivity contribution in [1.29, 1.82) is 0 Å². The van der Waals surface area contributed by atoms with Crippen LogP contribution < -0.4 is 4.74 Å². The molecule has 86 valence electrons. The van der Waals surface area contributed by atoms with Crippen molar-refractivity contribution in [3.63, 3.8) is 0 Å². The molecule has 0 amide bonds. The lowest BCUT2D eigenvalue weighted by atomic mass is 10.2. The molecule has 1 atom stereocenters. The van der Waals surface area contributed by atoms with Crippen LogP contribution in [0.3, 0.4) is 0 Å². The summed E-state index contributed by atoms with van der Waals surface area (Å²) >= 11 is 3.20. The third-order valence-electron chi connectivity index (χ3n) is 2.02. The van der Waals surface area contributed by atoms with Gasteiger partial charge >= 0.3 is 5.97 Å². The van der Waals surface area contributed by atoms with E-state index in [1.165, 1.54) is 6.07 Å². The van der Waals surface area contributed by atoms with Gasteiger partial charge in [-0.1, -0.05) is 22.9 Å². The van der Waals surface area contributed by atoms with E-state index in [9.17, 15) is 9.59 Å². The second-order valence-electron chi connectivity index (χ2n) is 3.15. The minimum atomic E-state index is -1.02. The minimum Gasteiger partial charge on any atom is -0.479 e. The Bertz CT molecular complexity index is 403. The van der Waals surface area contributed by atoms with Gasteiger partial charge in [0.2, 0.25) is 0 Å². The van der Waals surface area contributed by atoms with Crippen molar-refractivity contribution in [2.45, 2.75) is 19.4 Å². The maximum atomic E-state index is 10.8. The summed E-state index contributed by atoms with van der Waals surface area (Å²) in [7, 11) is 0. The molecule has 1 unspecified atom stereocenters. The van der Waals surface area contributed by atoms with Crippen LogP contribution in [0.15, 0.2) is 22.7 Å². The van der Waals surface area contributed by atoms with E-state index in [2.05, 4.69) is 15.9 Å². The molecule has 0 heterocycles. The van der Waals surface area contributed by atoms with E-state index in [0.717, 1.165) is 0 Å². The van der Waals surface area contributed by atoms with Crippen LogP contribution in [-0.4, -0.2) is 23.5 Å². The van der Waals surface area contributed by atoms with Gasteiger partial charge in [0, 0.05) is 10.0 Å². The number of hydrogen-bond donors (Lipinski definition) is 1. The largest absolute Gasteiger partial charge is 0.479 e. The molecular formula is C11H11BrO4. The molecule has 0 saturated heterocycles. The lowest BCUT2D eigenvalue weighted by Gasteiger charge is -2.13. The van der Waals surface area contributed by atoms with Gasteiger partial charge in [0.1, 0.15) is 5.75 Å². The number of halogens is 1. The molecular weight excluding hydrogens is 276 g/mol. The molecule has 0 aliphatic carbocycles. The van der Waals surface area contributed by atoms with Crippen molar-refractivity contribution in [3.05, 3.63) is 28.2 Å². The molecule has 0 aliphatic heterocycles. The fourth-order valence-corrected chi connectivity index (χ4v) is 1.50. The molecule has 0 aliphatic rings. The number of hydrogen-bond acceptors (Lipinski definition) is 3. The van der Waals surface area contributed by atoms with Crippen molar-refractivity contribution in [2.75, 3.05) is 0 Å². The lowest BCUT2D eigenvalue weighted by Crippen LogP contribution is -2.25. The average Bonchev–Trinajstić information content (AvgIpc) is 2.27. The van der Waals surface area contributed by atoms with Gasteiger partial charge in [0.05, 0.1) is 0 Å². The summed E-state index contributed by atoms with van der Waals surface area (Å²) in [5, 5.41) is 8.81. The number of benzene rings is 1. The Balaban J connectivity index is 2.89. The number of carboxylic acid groups (broad SMARTS) is 1. The van der Waals surface area contributed by atoms with Crippen molar-refractivity contribution >= 4 is 28.2 Å². The van der Waals surface area contributed by atoms with Gasteiger partial charge in [-0.25, -0.2) is 4.79 Å². The highest BCUT2D eigenvalue weighted by Crippen LogP contribution is 2.22. The molecule has 1 N–H and O–H groups in total. The minimum absolute atomic E-state index is 0.363. The predicted molar refractivity (Wildman–Crippen MR) is 61.9 cm³/mol. The number of aliphatic carboxylic acids is 1. The molecule has 0 bridgehead atoms. The van der Waals surface area contributed by atoms with Gasteiger partial charge < -0.3 is 9.84 Å². The van der Waals surface area contributed by atoms with Crippen molar-refractivity contribution in [3.8, 4) is 5.75 Å². The summed E-state index contributed by atoms with van der Waals surface area (Å²) in [6, 6.07) is 4.76. The second kappa shape index (κ2) is 5.65. The second-order valence-corrected chi connectivity index (χ2v) is 4.01. The van der Waals surface area contributed by atoms with Crippen molar-refractivity contribution < 1.29 is 19.4 Å². The van der Waals surface area contributed by atoms with E-state index in [-0.39, 0.29) is 0 Å². The molecule has 0 spiro atoms. The van der Waals surface area contributed by atoms with Crippen LogP contribution in [0.2, 0.25) is 0 Å². The number of carbonyl (C=O) groups is 2. The molecule has 1 aromatic rings. The highest BCUT2D eigenvalue weighted by atomic mass is 79.9. The number of aldehydes is 1. The Labute approximate surface area is 101 Å². The maximum Gasteiger partial charge on any atom is 0.344 e. The first-order valence-corrected chi connectivity index (χ1v) is 5.52. The van der Waals surface area contributed by atoms with Crippen LogP contribution in [0.4, 0.5) is 0 Å². The Morgan fingerprint density at radius 3 is 2.81 bits per heavy atom. The topological polar surface area (TPSA) is 63.6 Å². The van der Waals surface area contributed by atoms with Crippen LogP contribution in [0.5, 0.6) is 5.75 Å². The highest BCUT2D eigenvalue weighted by molar-refractivity contribution is 9.10. The first-order valence-electron chi connectivity index (χ1n) is 4.72. The summed E-state index contributed by atoms with van der Waals surface area (Å²) in [6.45, 7) is 1.72. The normalized spacial score (nSPS) is 11.9. The van der Waals surface area contributed by atoms with E-state index in [4.69, 9.17) is 9.84 Å². The summed E-state index contributed by atoms with van der Waals surface area (Å²) in [6.07, 6.45) is 0.154. The number of rotatable bonds is 5. The van der Waals surface area contributed by atoms with Gasteiger partial charge in [-0.3, -0.25) is 4.79 Å². The fraction of sp³-hybridized carbons (Fsp3) is 0.273. The molecule has 0 saturated carbocycles. The summed E-state index contributed by atoms with van der Waals surface area (Å²) in [5.74, 6) is -0.641. The molecule has 1 aromatic carbocycles. The van der Waals surface area contributed by atoms with E-state index in [0.29, 0.717) is 28.5 Å². The number of carbonyl (C=O) groups excluding carboxylic acids is 1. The van der Waals surface area contributed by atoms with E-state index < -0.39 is 12.1 Å². The Kier molecular flexibility index (Phi) is 4.49. The Morgan fingerprint density at radius 1 is 1.62 bits per heavy atom. The molecule has 4 nitrogen and oxygen atoms in total. The highest BCUT2D eigenvalue weighted by Gasteiger charge is 2.16. The van der Waals surface area contributed by atoms with E-state index in [1.54, 1.807) is 19.1 Å². The molecule has 5 heteroatoms. The monoisotopic (exact) mass is 286 g/mol. The quantitative estimate of drug-likeness (QED) is 0.845. The zero-order chi connectivity index (χ0) is 12.1. The third-order valence-corrected chi connectivity index (χ3v) is 2.74. The SMILES string of the molecule is CCC(Oc1ccc(Br)c(C=O)c1)C(=O)O. The first-order chi connectivity index (χ1) is 7.58.